The Morgan fingerprint density at radius 1 is 1.29 bits per heavy atom. The fraction of sp³-hybridized carbons (Fsp3) is 0.625. The van der Waals surface area contributed by atoms with E-state index in [0.717, 1.165) is 48.9 Å². The molecule has 5 heteroatoms. The van der Waals surface area contributed by atoms with Crippen LogP contribution in [0.1, 0.15) is 37.4 Å². The van der Waals surface area contributed by atoms with E-state index >= 15 is 0 Å². The Hall–Kier alpha value is -0.620. The van der Waals surface area contributed by atoms with E-state index in [1.54, 1.807) is 0 Å². The average Bonchev–Trinajstić information content (AvgIpc) is 2.50. The van der Waals surface area contributed by atoms with Crippen LogP contribution >= 0.6 is 15.9 Å². The Morgan fingerprint density at radius 2 is 2.05 bits per heavy atom. The van der Waals surface area contributed by atoms with Crippen LogP contribution in [0.2, 0.25) is 0 Å². The fourth-order valence-electron chi connectivity index (χ4n) is 3.48. The quantitative estimate of drug-likeness (QED) is 0.800. The number of nitrogens with two attached hydrogens (primary N) is 1. The first-order valence-electron chi connectivity index (χ1n) is 7.54. The highest BCUT2D eigenvalue weighted by atomic mass is 79.9. The number of rotatable bonds is 2. The zero-order valence-electron chi connectivity index (χ0n) is 12.1. The third-order valence-corrected chi connectivity index (χ3v) is 5.24. The van der Waals surface area contributed by atoms with Crippen molar-refractivity contribution in [2.24, 2.45) is 5.92 Å². The first kappa shape index (κ1) is 15.3. The molecule has 0 aliphatic carbocycles. The minimum atomic E-state index is -0.536. The van der Waals surface area contributed by atoms with Gasteiger partial charge < -0.3 is 20.3 Å². The molecule has 2 saturated heterocycles. The minimum absolute atomic E-state index is 0.108. The van der Waals surface area contributed by atoms with Crippen LogP contribution in [0.5, 0.6) is 0 Å². The lowest BCUT2D eigenvalue weighted by Gasteiger charge is -2.44. The van der Waals surface area contributed by atoms with Crippen LogP contribution in [0.25, 0.3) is 0 Å². The van der Waals surface area contributed by atoms with Gasteiger partial charge in [-0.25, -0.2) is 0 Å². The number of aliphatic hydroxyl groups excluding tert-OH is 1. The Bertz CT molecular complexity index is 497. The van der Waals surface area contributed by atoms with E-state index in [9.17, 15) is 5.11 Å². The van der Waals surface area contributed by atoms with Gasteiger partial charge in [0.05, 0.1) is 11.7 Å². The molecule has 3 rings (SSSR count). The molecule has 3 N–H and O–H groups in total. The molecule has 2 aliphatic heterocycles. The SMILES string of the molecule is Nc1ccc(Br)cc1C(O)C1CCOC2(CCOCC2)C1. The lowest BCUT2D eigenvalue weighted by atomic mass is 9.77. The molecular weight excluding hydrogens is 334 g/mol. The molecule has 2 heterocycles. The van der Waals surface area contributed by atoms with Gasteiger partial charge in [0, 0.05) is 35.5 Å². The molecule has 0 radical (unpaired) electrons. The van der Waals surface area contributed by atoms with Crippen molar-refractivity contribution < 1.29 is 14.6 Å². The topological polar surface area (TPSA) is 64.7 Å². The molecule has 0 saturated carbocycles. The number of nitrogen functional groups attached to an aromatic ring is 1. The van der Waals surface area contributed by atoms with E-state index in [4.69, 9.17) is 15.2 Å². The summed E-state index contributed by atoms with van der Waals surface area (Å²) < 4.78 is 12.4. The Balaban J connectivity index is 1.77. The number of halogens is 1. The summed E-state index contributed by atoms with van der Waals surface area (Å²) in [5.74, 6) is 0.188. The van der Waals surface area contributed by atoms with E-state index < -0.39 is 6.10 Å². The highest BCUT2D eigenvalue weighted by molar-refractivity contribution is 9.10. The molecule has 116 valence electrons. The maximum Gasteiger partial charge on any atom is 0.0840 e. The number of hydrogen-bond acceptors (Lipinski definition) is 4. The molecule has 2 atom stereocenters. The third kappa shape index (κ3) is 3.26. The summed E-state index contributed by atoms with van der Waals surface area (Å²) in [6.45, 7) is 2.21. The Morgan fingerprint density at radius 3 is 2.81 bits per heavy atom. The molecule has 0 amide bonds. The lowest BCUT2D eigenvalue weighted by molar-refractivity contribution is -0.159. The summed E-state index contributed by atoms with van der Waals surface area (Å²) >= 11 is 3.45. The largest absolute Gasteiger partial charge is 0.398 e. The van der Waals surface area contributed by atoms with Gasteiger partial charge in [0.25, 0.3) is 0 Å². The second-order valence-electron chi connectivity index (χ2n) is 6.11. The summed E-state index contributed by atoms with van der Waals surface area (Å²) in [4.78, 5) is 0. The zero-order valence-corrected chi connectivity index (χ0v) is 13.6. The van der Waals surface area contributed by atoms with Crippen LogP contribution in [-0.4, -0.2) is 30.5 Å². The summed E-state index contributed by atoms with van der Waals surface area (Å²) in [6, 6.07) is 5.66. The normalized spacial score (nSPS) is 26.7. The smallest absolute Gasteiger partial charge is 0.0840 e. The second kappa shape index (κ2) is 6.24. The van der Waals surface area contributed by atoms with Crippen LogP contribution in [0.4, 0.5) is 5.69 Å². The van der Waals surface area contributed by atoms with Crippen LogP contribution in [0.15, 0.2) is 22.7 Å². The molecular formula is C16H22BrNO3. The van der Waals surface area contributed by atoms with E-state index in [0.29, 0.717) is 12.3 Å². The van der Waals surface area contributed by atoms with E-state index in [1.165, 1.54) is 0 Å². The van der Waals surface area contributed by atoms with Crippen molar-refractivity contribution in [3.63, 3.8) is 0 Å². The van der Waals surface area contributed by atoms with E-state index in [-0.39, 0.29) is 11.5 Å². The highest BCUT2D eigenvalue weighted by Crippen LogP contribution is 2.43. The van der Waals surface area contributed by atoms with Crippen molar-refractivity contribution in [3.8, 4) is 0 Å². The lowest BCUT2D eigenvalue weighted by Crippen LogP contribution is -2.45. The van der Waals surface area contributed by atoms with Crippen LogP contribution in [-0.2, 0) is 9.47 Å². The van der Waals surface area contributed by atoms with Gasteiger partial charge in [0.2, 0.25) is 0 Å². The molecule has 4 nitrogen and oxygen atoms in total. The summed E-state index contributed by atoms with van der Waals surface area (Å²) in [5, 5.41) is 10.8. The monoisotopic (exact) mass is 355 g/mol. The van der Waals surface area contributed by atoms with Crippen molar-refractivity contribution in [1.29, 1.82) is 0 Å². The number of hydrogen-bond donors (Lipinski definition) is 2. The summed E-state index contributed by atoms with van der Waals surface area (Å²) in [7, 11) is 0. The van der Waals surface area contributed by atoms with E-state index in [2.05, 4.69) is 15.9 Å². The van der Waals surface area contributed by atoms with Gasteiger partial charge in [-0.05, 0) is 49.8 Å². The number of benzene rings is 1. The molecule has 2 aliphatic rings. The van der Waals surface area contributed by atoms with Crippen molar-refractivity contribution in [3.05, 3.63) is 28.2 Å². The maximum absolute atomic E-state index is 10.8. The van der Waals surface area contributed by atoms with Crippen molar-refractivity contribution >= 4 is 21.6 Å². The summed E-state index contributed by atoms with van der Waals surface area (Å²) in [6.07, 6.45) is 3.05. The molecule has 0 bridgehead atoms. The molecule has 2 unspecified atom stereocenters. The summed E-state index contributed by atoms with van der Waals surface area (Å²) in [5.41, 5.74) is 7.40. The molecule has 2 fully saturated rings. The predicted octanol–water partition coefficient (Wildman–Crippen LogP) is 3.04. The van der Waals surface area contributed by atoms with Gasteiger partial charge in [0.15, 0.2) is 0 Å². The third-order valence-electron chi connectivity index (χ3n) is 4.75. The van der Waals surface area contributed by atoms with Gasteiger partial charge in [-0.1, -0.05) is 15.9 Å². The van der Waals surface area contributed by atoms with Gasteiger partial charge in [-0.3, -0.25) is 0 Å². The van der Waals surface area contributed by atoms with E-state index in [1.807, 2.05) is 18.2 Å². The Labute approximate surface area is 133 Å². The first-order chi connectivity index (χ1) is 10.1. The average molecular weight is 356 g/mol. The highest BCUT2D eigenvalue weighted by Gasteiger charge is 2.41. The first-order valence-corrected chi connectivity index (χ1v) is 8.34. The number of aliphatic hydroxyl groups is 1. The van der Waals surface area contributed by atoms with Gasteiger partial charge in [-0.2, -0.15) is 0 Å². The fourth-order valence-corrected chi connectivity index (χ4v) is 3.86. The number of anilines is 1. The van der Waals surface area contributed by atoms with Crippen LogP contribution in [0, 0.1) is 5.92 Å². The molecule has 21 heavy (non-hydrogen) atoms. The van der Waals surface area contributed by atoms with Crippen molar-refractivity contribution in [2.45, 2.75) is 37.4 Å². The standard InChI is InChI=1S/C16H22BrNO3/c17-12-1-2-14(18)13(9-12)15(19)11-3-6-21-16(10-11)4-7-20-8-5-16/h1-2,9,11,15,19H,3-8,10,18H2. The predicted molar refractivity (Wildman–Crippen MR) is 85.0 cm³/mol. The molecule has 1 aromatic rings. The molecule has 1 aromatic carbocycles. The second-order valence-corrected chi connectivity index (χ2v) is 7.03. The Kier molecular flexibility index (Phi) is 4.54. The van der Waals surface area contributed by atoms with Crippen molar-refractivity contribution in [1.82, 2.24) is 0 Å². The number of ether oxygens (including phenoxy) is 2. The van der Waals surface area contributed by atoms with Gasteiger partial charge >= 0.3 is 0 Å². The van der Waals surface area contributed by atoms with Crippen LogP contribution in [0.3, 0.4) is 0 Å². The van der Waals surface area contributed by atoms with Gasteiger partial charge in [-0.15, -0.1) is 0 Å². The maximum atomic E-state index is 10.8. The molecule has 1 spiro atoms. The van der Waals surface area contributed by atoms with Gasteiger partial charge in [0.1, 0.15) is 0 Å². The zero-order chi connectivity index (χ0) is 14.9. The molecule has 0 aromatic heterocycles. The van der Waals surface area contributed by atoms with Crippen LogP contribution < -0.4 is 5.73 Å². The minimum Gasteiger partial charge on any atom is -0.398 e. The van der Waals surface area contributed by atoms with Crippen molar-refractivity contribution in [2.75, 3.05) is 25.6 Å².